The number of aromatic nitrogens is 2. The predicted octanol–water partition coefficient (Wildman–Crippen LogP) is 2.98. The molecule has 0 radical (unpaired) electrons. The fourth-order valence-electron chi connectivity index (χ4n) is 3.71. The van der Waals surface area contributed by atoms with Gasteiger partial charge in [-0.05, 0) is 37.5 Å². The van der Waals surface area contributed by atoms with Gasteiger partial charge < -0.3 is 4.74 Å². The second-order valence-corrected chi connectivity index (χ2v) is 6.37. The predicted molar refractivity (Wildman–Crippen MR) is 93.1 cm³/mol. The van der Waals surface area contributed by atoms with Crippen LogP contribution in [0.4, 0.5) is 0 Å². The van der Waals surface area contributed by atoms with Crippen molar-refractivity contribution in [3.05, 3.63) is 47.4 Å². The molecule has 0 bridgehead atoms. The summed E-state index contributed by atoms with van der Waals surface area (Å²) in [6, 6.07) is 8.70. The van der Waals surface area contributed by atoms with Crippen LogP contribution in [0.5, 0.6) is 0 Å². The monoisotopic (exact) mass is 309 g/mol. The molecule has 4 heteroatoms. The maximum Gasteiger partial charge on any atom is 0.110 e. The number of rotatable bonds is 3. The Kier molecular flexibility index (Phi) is 3.79. The van der Waals surface area contributed by atoms with E-state index in [1.807, 2.05) is 6.20 Å². The van der Waals surface area contributed by atoms with Crippen molar-refractivity contribution < 1.29 is 4.74 Å². The largest absolute Gasteiger partial charge is 0.379 e. The zero-order valence-corrected chi connectivity index (χ0v) is 13.9. The molecule has 0 amide bonds. The van der Waals surface area contributed by atoms with E-state index in [-0.39, 0.29) is 0 Å². The molecule has 23 heavy (non-hydrogen) atoms. The van der Waals surface area contributed by atoms with Crippen molar-refractivity contribution in [3.8, 4) is 0 Å². The van der Waals surface area contributed by atoms with Crippen molar-refractivity contribution in [1.82, 2.24) is 14.3 Å². The molecule has 120 valence electrons. The fourth-order valence-corrected chi connectivity index (χ4v) is 3.71. The molecule has 1 aliphatic rings. The van der Waals surface area contributed by atoms with Gasteiger partial charge in [-0.2, -0.15) is 0 Å². The molecule has 4 rings (SSSR count). The Bertz CT molecular complexity index is 847. The number of hydrogen-bond donors (Lipinski definition) is 0. The summed E-state index contributed by atoms with van der Waals surface area (Å²) in [6.45, 7) is 9.16. The van der Waals surface area contributed by atoms with E-state index in [0.717, 1.165) is 45.1 Å². The first-order valence-corrected chi connectivity index (χ1v) is 8.40. The van der Waals surface area contributed by atoms with Crippen molar-refractivity contribution in [2.24, 2.45) is 0 Å². The Morgan fingerprint density at radius 2 is 1.91 bits per heavy atom. The molecule has 3 heterocycles. The van der Waals surface area contributed by atoms with Crippen molar-refractivity contribution in [2.75, 3.05) is 32.8 Å². The van der Waals surface area contributed by atoms with E-state index < -0.39 is 0 Å². The standard InChI is InChI=1S/C19H23N3O/c1-14-13-20-15(2)22-18-6-4-3-5-16(18)17(19(14)22)7-8-21-9-11-23-12-10-21/h3-6,13H,7-12H2,1-2H3. The van der Waals surface area contributed by atoms with E-state index in [1.54, 1.807) is 0 Å². The highest BCUT2D eigenvalue weighted by molar-refractivity contribution is 5.93. The minimum Gasteiger partial charge on any atom is -0.379 e. The van der Waals surface area contributed by atoms with Gasteiger partial charge in [-0.25, -0.2) is 4.98 Å². The summed E-state index contributed by atoms with van der Waals surface area (Å²) in [5.41, 5.74) is 5.32. The highest BCUT2D eigenvalue weighted by Crippen LogP contribution is 2.30. The van der Waals surface area contributed by atoms with Gasteiger partial charge in [-0.3, -0.25) is 9.30 Å². The average molecular weight is 309 g/mol. The lowest BCUT2D eigenvalue weighted by Crippen LogP contribution is -2.37. The van der Waals surface area contributed by atoms with Crippen LogP contribution < -0.4 is 0 Å². The van der Waals surface area contributed by atoms with Crippen LogP contribution in [0.25, 0.3) is 16.4 Å². The van der Waals surface area contributed by atoms with E-state index in [4.69, 9.17) is 4.74 Å². The Labute approximate surface area is 136 Å². The molecular formula is C19H23N3O. The highest BCUT2D eigenvalue weighted by Gasteiger charge is 2.17. The molecular weight excluding hydrogens is 286 g/mol. The van der Waals surface area contributed by atoms with Gasteiger partial charge in [0.2, 0.25) is 0 Å². The first-order chi connectivity index (χ1) is 11.3. The lowest BCUT2D eigenvalue weighted by Gasteiger charge is -2.26. The van der Waals surface area contributed by atoms with E-state index in [9.17, 15) is 0 Å². The molecule has 0 unspecified atom stereocenters. The van der Waals surface area contributed by atoms with E-state index in [0.29, 0.717) is 0 Å². The third-order valence-corrected chi connectivity index (χ3v) is 4.90. The van der Waals surface area contributed by atoms with E-state index in [1.165, 1.54) is 27.5 Å². The molecule has 1 saturated heterocycles. The number of benzene rings is 1. The summed E-state index contributed by atoms with van der Waals surface area (Å²) < 4.78 is 7.78. The molecule has 0 spiro atoms. The van der Waals surface area contributed by atoms with Crippen LogP contribution in [0, 0.1) is 13.8 Å². The third-order valence-electron chi connectivity index (χ3n) is 4.90. The molecule has 1 aliphatic heterocycles. The second-order valence-electron chi connectivity index (χ2n) is 6.37. The Hall–Kier alpha value is -1.91. The van der Waals surface area contributed by atoms with Crippen LogP contribution in [0.15, 0.2) is 30.5 Å². The molecule has 3 aromatic rings. The summed E-state index contributed by atoms with van der Waals surface area (Å²) >= 11 is 0. The van der Waals surface area contributed by atoms with Gasteiger partial charge >= 0.3 is 0 Å². The Balaban J connectivity index is 1.81. The van der Waals surface area contributed by atoms with Crippen molar-refractivity contribution in [2.45, 2.75) is 20.3 Å². The molecule has 0 saturated carbocycles. The van der Waals surface area contributed by atoms with Gasteiger partial charge in [0.25, 0.3) is 0 Å². The number of fused-ring (bicyclic) bond motifs is 3. The Morgan fingerprint density at radius 3 is 2.74 bits per heavy atom. The van der Waals surface area contributed by atoms with Crippen molar-refractivity contribution >= 4 is 16.4 Å². The van der Waals surface area contributed by atoms with Crippen LogP contribution in [0.1, 0.15) is 17.0 Å². The minimum absolute atomic E-state index is 0.860. The normalized spacial score (nSPS) is 16.4. The Morgan fingerprint density at radius 1 is 1.13 bits per heavy atom. The first kappa shape index (κ1) is 14.7. The summed E-state index contributed by atoms with van der Waals surface area (Å²) in [5, 5.41) is 1.36. The van der Waals surface area contributed by atoms with Crippen molar-refractivity contribution in [3.63, 3.8) is 0 Å². The van der Waals surface area contributed by atoms with Gasteiger partial charge in [0.15, 0.2) is 0 Å². The van der Waals surface area contributed by atoms with Gasteiger partial charge in [-0.1, -0.05) is 18.2 Å². The lowest BCUT2D eigenvalue weighted by atomic mass is 10.1. The maximum atomic E-state index is 5.46. The van der Waals surface area contributed by atoms with Gasteiger partial charge in [0.05, 0.1) is 24.2 Å². The van der Waals surface area contributed by atoms with E-state index in [2.05, 4.69) is 52.4 Å². The summed E-state index contributed by atoms with van der Waals surface area (Å²) in [5.74, 6) is 1.06. The van der Waals surface area contributed by atoms with Gasteiger partial charge in [-0.15, -0.1) is 0 Å². The summed E-state index contributed by atoms with van der Waals surface area (Å²) in [6.07, 6.45) is 3.07. The number of hydrogen-bond acceptors (Lipinski definition) is 3. The molecule has 0 atom stereocenters. The number of ether oxygens (including phenoxy) is 1. The van der Waals surface area contributed by atoms with Crippen LogP contribution >= 0.6 is 0 Å². The number of nitrogens with zero attached hydrogens (tertiary/aromatic N) is 3. The van der Waals surface area contributed by atoms with Gasteiger partial charge in [0.1, 0.15) is 5.82 Å². The molecule has 1 fully saturated rings. The summed E-state index contributed by atoms with van der Waals surface area (Å²) in [4.78, 5) is 7.06. The third kappa shape index (κ3) is 2.52. The van der Waals surface area contributed by atoms with E-state index >= 15 is 0 Å². The molecule has 2 aromatic heterocycles. The quantitative estimate of drug-likeness (QED) is 0.745. The second kappa shape index (κ2) is 5.95. The van der Waals surface area contributed by atoms with Crippen molar-refractivity contribution in [1.29, 1.82) is 0 Å². The van der Waals surface area contributed by atoms with Crippen LogP contribution in [-0.2, 0) is 11.2 Å². The smallest absolute Gasteiger partial charge is 0.110 e. The molecule has 4 nitrogen and oxygen atoms in total. The fraction of sp³-hybridized carbons (Fsp3) is 0.421. The zero-order chi connectivity index (χ0) is 15.8. The SMILES string of the molecule is Cc1cnc(C)n2c1c(CCN1CCOCC1)c1ccccc12. The topological polar surface area (TPSA) is 29.8 Å². The highest BCUT2D eigenvalue weighted by atomic mass is 16.5. The van der Waals surface area contributed by atoms with Crippen LogP contribution in [-0.4, -0.2) is 47.1 Å². The van der Waals surface area contributed by atoms with Gasteiger partial charge in [0, 0.05) is 31.2 Å². The average Bonchev–Trinajstić information content (AvgIpc) is 2.93. The first-order valence-electron chi connectivity index (χ1n) is 8.40. The summed E-state index contributed by atoms with van der Waals surface area (Å²) in [7, 11) is 0. The number of aryl methyl sites for hydroxylation is 2. The molecule has 0 aliphatic carbocycles. The number of morpholine rings is 1. The lowest BCUT2D eigenvalue weighted by molar-refractivity contribution is 0.0385. The number of para-hydroxylation sites is 1. The molecule has 1 aromatic carbocycles. The maximum absolute atomic E-state index is 5.46. The van der Waals surface area contributed by atoms with Crippen LogP contribution in [0.3, 0.4) is 0 Å². The molecule has 0 N–H and O–H groups in total. The minimum atomic E-state index is 0.860. The van der Waals surface area contributed by atoms with Crippen LogP contribution in [0.2, 0.25) is 0 Å². The zero-order valence-electron chi connectivity index (χ0n) is 13.9.